The summed E-state index contributed by atoms with van der Waals surface area (Å²) in [5.41, 5.74) is 0.979. The van der Waals surface area contributed by atoms with E-state index in [1.165, 1.54) is 11.3 Å². The Morgan fingerprint density at radius 3 is 2.58 bits per heavy atom. The molecule has 1 aliphatic rings. The minimum atomic E-state index is -0.166. The Hall–Kier alpha value is -1.99. The topological polar surface area (TPSA) is 61.4 Å². The van der Waals surface area contributed by atoms with E-state index in [1.54, 1.807) is 0 Å². The molecule has 6 nitrogen and oxygen atoms in total. The third-order valence-electron chi connectivity index (χ3n) is 4.47. The average molecular weight is 345 g/mol. The third-order valence-corrected chi connectivity index (χ3v) is 5.46. The van der Waals surface area contributed by atoms with Gasteiger partial charge in [0.25, 0.3) is 0 Å². The summed E-state index contributed by atoms with van der Waals surface area (Å²) in [6.07, 6.45) is 1.82. The smallest absolute Gasteiger partial charge is 0.243 e. The lowest BCUT2D eigenvalue weighted by Gasteiger charge is -2.37. The van der Waals surface area contributed by atoms with Gasteiger partial charge in [-0.25, -0.2) is 9.97 Å². The van der Waals surface area contributed by atoms with Gasteiger partial charge in [-0.15, -0.1) is 11.3 Å². The summed E-state index contributed by atoms with van der Waals surface area (Å²) >= 11 is 1.53. The van der Waals surface area contributed by atoms with Crippen LogP contribution in [0.1, 0.15) is 17.5 Å². The highest BCUT2D eigenvalue weighted by Crippen LogP contribution is 2.22. The van der Waals surface area contributed by atoms with Crippen molar-refractivity contribution in [2.45, 2.75) is 26.8 Å². The number of anilines is 2. The van der Waals surface area contributed by atoms with E-state index < -0.39 is 0 Å². The van der Waals surface area contributed by atoms with Crippen LogP contribution in [0, 0.1) is 13.8 Å². The molecule has 0 radical (unpaired) electrons. The minimum Gasteiger partial charge on any atom is -0.354 e. The summed E-state index contributed by atoms with van der Waals surface area (Å²) in [7, 11) is 0. The van der Waals surface area contributed by atoms with E-state index in [2.05, 4.69) is 25.1 Å². The Balaban J connectivity index is 1.54. The normalized spacial score (nSPS) is 16.9. The van der Waals surface area contributed by atoms with E-state index in [0.717, 1.165) is 42.6 Å². The molecule has 24 heavy (non-hydrogen) atoms. The van der Waals surface area contributed by atoms with Gasteiger partial charge in [-0.1, -0.05) is 6.07 Å². The quantitative estimate of drug-likeness (QED) is 0.921. The number of pyridine rings is 1. The molecule has 0 aliphatic carbocycles. The third kappa shape index (κ3) is 3.73. The maximum atomic E-state index is 12.5. The fourth-order valence-electron chi connectivity index (χ4n) is 2.78. The molecule has 0 spiro atoms. The maximum Gasteiger partial charge on any atom is 0.243 e. The highest BCUT2D eigenvalue weighted by molar-refractivity contribution is 7.15. The predicted molar refractivity (Wildman–Crippen MR) is 97.7 cm³/mol. The van der Waals surface area contributed by atoms with Gasteiger partial charge < -0.3 is 10.2 Å². The standard InChI is InChI=1S/C17H23N5OS/c1-12-14(3)24-17(19-12)20-16(23)13(2)21-8-10-22(11-9-21)15-6-4-5-7-18-15/h4-7,13H,8-11H2,1-3H3,(H,19,20,23). The molecule has 3 rings (SSSR count). The van der Waals surface area contributed by atoms with Gasteiger partial charge in [0.2, 0.25) is 5.91 Å². The Morgan fingerprint density at radius 2 is 2.00 bits per heavy atom. The van der Waals surface area contributed by atoms with E-state index >= 15 is 0 Å². The number of nitrogens with one attached hydrogen (secondary N) is 1. The van der Waals surface area contributed by atoms with Gasteiger partial charge in [-0.3, -0.25) is 9.69 Å². The van der Waals surface area contributed by atoms with Crippen molar-refractivity contribution in [3.63, 3.8) is 0 Å². The van der Waals surface area contributed by atoms with Gasteiger partial charge in [0.05, 0.1) is 11.7 Å². The lowest BCUT2D eigenvalue weighted by molar-refractivity contribution is -0.120. The van der Waals surface area contributed by atoms with E-state index in [-0.39, 0.29) is 11.9 Å². The second kappa shape index (κ2) is 7.27. The van der Waals surface area contributed by atoms with Crippen LogP contribution in [0.15, 0.2) is 24.4 Å². The molecule has 1 N–H and O–H groups in total. The van der Waals surface area contributed by atoms with Gasteiger partial charge in [0.1, 0.15) is 5.82 Å². The molecule has 1 unspecified atom stereocenters. The number of aromatic nitrogens is 2. The fourth-order valence-corrected chi connectivity index (χ4v) is 3.60. The first-order valence-corrected chi connectivity index (χ1v) is 9.01. The summed E-state index contributed by atoms with van der Waals surface area (Å²) in [5.74, 6) is 1.01. The van der Waals surface area contributed by atoms with Crippen LogP contribution in [0.4, 0.5) is 10.9 Å². The molecule has 1 amide bonds. The number of hydrogen-bond donors (Lipinski definition) is 1. The minimum absolute atomic E-state index is 0.00929. The van der Waals surface area contributed by atoms with Gasteiger partial charge in [0, 0.05) is 37.3 Å². The van der Waals surface area contributed by atoms with Crippen LogP contribution in [0.5, 0.6) is 0 Å². The van der Waals surface area contributed by atoms with Crippen molar-refractivity contribution in [3.05, 3.63) is 35.0 Å². The molecule has 7 heteroatoms. The summed E-state index contributed by atoms with van der Waals surface area (Å²) in [6.45, 7) is 9.39. The second-order valence-corrected chi connectivity index (χ2v) is 7.24. The molecule has 128 valence electrons. The largest absolute Gasteiger partial charge is 0.354 e. The van der Waals surface area contributed by atoms with E-state index in [0.29, 0.717) is 5.13 Å². The molecule has 1 atom stereocenters. The van der Waals surface area contributed by atoms with E-state index in [9.17, 15) is 4.79 Å². The molecular weight excluding hydrogens is 322 g/mol. The number of carbonyl (C=O) groups excluding carboxylic acids is 1. The van der Waals surface area contributed by atoms with Crippen LogP contribution in [-0.2, 0) is 4.79 Å². The summed E-state index contributed by atoms with van der Waals surface area (Å²) in [4.78, 5) is 26.9. The lowest BCUT2D eigenvalue weighted by atomic mass is 10.2. The van der Waals surface area contributed by atoms with Crippen molar-refractivity contribution < 1.29 is 4.79 Å². The monoisotopic (exact) mass is 345 g/mol. The predicted octanol–water partition coefficient (Wildman–Crippen LogP) is 2.30. The number of thiazole rings is 1. The summed E-state index contributed by atoms with van der Waals surface area (Å²) in [6, 6.07) is 5.79. The van der Waals surface area contributed by atoms with Crippen molar-refractivity contribution in [3.8, 4) is 0 Å². The number of piperazine rings is 1. The van der Waals surface area contributed by atoms with Crippen molar-refractivity contribution in [2.75, 3.05) is 36.4 Å². The number of nitrogens with zero attached hydrogens (tertiary/aromatic N) is 4. The van der Waals surface area contributed by atoms with E-state index in [1.807, 2.05) is 45.2 Å². The first-order valence-electron chi connectivity index (χ1n) is 8.19. The van der Waals surface area contributed by atoms with Crippen molar-refractivity contribution in [1.82, 2.24) is 14.9 Å². The first kappa shape index (κ1) is 16.9. The van der Waals surface area contributed by atoms with Gasteiger partial charge in [-0.05, 0) is 32.9 Å². The molecule has 0 bridgehead atoms. The molecule has 1 fully saturated rings. The first-order chi connectivity index (χ1) is 11.5. The molecule has 1 saturated heterocycles. The highest BCUT2D eigenvalue weighted by atomic mass is 32.1. The number of aryl methyl sites for hydroxylation is 2. The van der Waals surface area contributed by atoms with Crippen LogP contribution in [0.2, 0.25) is 0 Å². The molecule has 2 aromatic rings. The molecule has 0 aromatic carbocycles. The highest BCUT2D eigenvalue weighted by Gasteiger charge is 2.26. The van der Waals surface area contributed by atoms with Crippen molar-refractivity contribution in [2.24, 2.45) is 0 Å². The maximum absolute atomic E-state index is 12.5. The summed E-state index contributed by atoms with van der Waals surface area (Å²) < 4.78 is 0. The zero-order valence-corrected chi connectivity index (χ0v) is 15.1. The Bertz CT molecular complexity index is 675. The van der Waals surface area contributed by atoms with Crippen molar-refractivity contribution in [1.29, 1.82) is 0 Å². The Labute approximate surface area is 146 Å². The van der Waals surface area contributed by atoms with Crippen LogP contribution < -0.4 is 10.2 Å². The number of rotatable bonds is 4. The van der Waals surface area contributed by atoms with Gasteiger partial charge >= 0.3 is 0 Å². The number of amides is 1. The summed E-state index contributed by atoms with van der Waals surface area (Å²) in [5, 5.41) is 3.63. The SMILES string of the molecule is Cc1nc(NC(=O)C(C)N2CCN(c3ccccn3)CC2)sc1C. The van der Waals surface area contributed by atoms with Gasteiger partial charge in [0.15, 0.2) is 5.13 Å². The molecule has 2 aromatic heterocycles. The number of carbonyl (C=O) groups is 1. The molecule has 0 saturated carbocycles. The van der Waals surface area contributed by atoms with Crippen LogP contribution >= 0.6 is 11.3 Å². The average Bonchev–Trinajstić information content (AvgIpc) is 2.92. The lowest BCUT2D eigenvalue weighted by Crippen LogP contribution is -2.53. The molecule has 1 aliphatic heterocycles. The zero-order valence-electron chi connectivity index (χ0n) is 14.3. The number of hydrogen-bond acceptors (Lipinski definition) is 6. The van der Waals surface area contributed by atoms with Crippen LogP contribution in [0.3, 0.4) is 0 Å². The zero-order chi connectivity index (χ0) is 17.1. The molecule has 3 heterocycles. The fraction of sp³-hybridized carbons (Fsp3) is 0.471. The van der Waals surface area contributed by atoms with E-state index in [4.69, 9.17) is 0 Å². The van der Waals surface area contributed by atoms with Gasteiger partial charge in [-0.2, -0.15) is 0 Å². The molecular formula is C17H23N5OS. The second-order valence-electron chi connectivity index (χ2n) is 6.04. The van der Waals surface area contributed by atoms with Crippen LogP contribution in [0.25, 0.3) is 0 Å². The van der Waals surface area contributed by atoms with Crippen LogP contribution in [-0.4, -0.2) is 53.0 Å². The van der Waals surface area contributed by atoms with Crippen molar-refractivity contribution >= 4 is 28.2 Å². The Morgan fingerprint density at radius 1 is 1.25 bits per heavy atom. The Kier molecular flexibility index (Phi) is 5.11.